The predicted octanol–water partition coefficient (Wildman–Crippen LogP) is 2.07. The number of rotatable bonds is 6. The second-order valence-electron chi connectivity index (χ2n) is 6.16. The van der Waals surface area contributed by atoms with Crippen molar-refractivity contribution in [3.8, 4) is 11.5 Å². The van der Waals surface area contributed by atoms with Crippen LogP contribution in [0.4, 0.5) is 0 Å². The van der Waals surface area contributed by atoms with E-state index in [1.165, 1.54) is 0 Å². The van der Waals surface area contributed by atoms with E-state index in [1.807, 2.05) is 6.07 Å². The molecule has 0 bridgehead atoms. The summed E-state index contributed by atoms with van der Waals surface area (Å²) < 4.78 is 15.5. The molecule has 1 saturated carbocycles. The van der Waals surface area contributed by atoms with Crippen molar-refractivity contribution in [2.24, 2.45) is 0 Å². The Morgan fingerprint density at radius 1 is 1.20 bits per heavy atom. The van der Waals surface area contributed by atoms with Crippen molar-refractivity contribution in [3.05, 3.63) is 34.7 Å². The fourth-order valence-electron chi connectivity index (χ4n) is 2.54. The Balaban J connectivity index is 1.35. The lowest BCUT2D eigenvalue weighted by atomic mass is 10.1. The third-order valence-electron chi connectivity index (χ3n) is 4.16. The molecule has 9 heteroatoms. The second-order valence-corrected chi connectivity index (χ2v) is 6.16. The minimum atomic E-state index is -0.174. The Morgan fingerprint density at radius 2 is 2.04 bits per heavy atom. The van der Waals surface area contributed by atoms with Crippen molar-refractivity contribution in [1.82, 2.24) is 25.8 Å². The molecular weight excluding hydrogens is 326 g/mol. The molecule has 0 aromatic carbocycles. The van der Waals surface area contributed by atoms with Crippen LogP contribution in [-0.2, 0) is 17.8 Å². The fraction of sp³-hybridized carbons (Fsp3) is 0.438. The molecule has 9 nitrogen and oxygen atoms in total. The van der Waals surface area contributed by atoms with Crippen LogP contribution in [0.25, 0.3) is 11.5 Å². The number of carbonyl (C=O) groups is 1. The monoisotopic (exact) mass is 343 g/mol. The summed E-state index contributed by atoms with van der Waals surface area (Å²) in [6.45, 7) is 3.72. The molecule has 25 heavy (non-hydrogen) atoms. The first-order valence-electron chi connectivity index (χ1n) is 8.08. The molecule has 1 aliphatic carbocycles. The molecular formula is C16H17N5O4. The molecule has 1 fully saturated rings. The van der Waals surface area contributed by atoms with Crippen LogP contribution in [0.2, 0.25) is 0 Å². The third kappa shape index (κ3) is 3.30. The van der Waals surface area contributed by atoms with Crippen LogP contribution in [-0.4, -0.2) is 26.4 Å². The highest BCUT2D eigenvalue weighted by atomic mass is 16.5. The van der Waals surface area contributed by atoms with Gasteiger partial charge in [-0.1, -0.05) is 15.5 Å². The van der Waals surface area contributed by atoms with Gasteiger partial charge in [-0.2, -0.15) is 4.98 Å². The smallest absolute Gasteiger partial charge is 0.246 e. The summed E-state index contributed by atoms with van der Waals surface area (Å²) >= 11 is 0. The van der Waals surface area contributed by atoms with Crippen LogP contribution in [0, 0.1) is 13.8 Å². The highest BCUT2D eigenvalue weighted by Crippen LogP contribution is 2.40. The molecule has 3 aromatic rings. The molecule has 1 amide bonds. The van der Waals surface area contributed by atoms with Crippen molar-refractivity contribution in [2.45, 2.75) is 45.6 Å². The van der Waals surface area contributed by atoms with Crippen LogP contribution in [0.1, 0.15) is 47.4 Å². The first-order chi connectivity index (χ1) is 12.1. The second kappa shape index (κ2) is 6.15. The molecule has 0 unspecified atom stereocenters. The van der Waals surface area contributed by atoms with Crippen LogP contribution < -0.4 is 5.32 Å². The standard InChI is InChI=1S/C16H17N5O4/c1-8-11(9(2)23-19-8)5-14(22)17-7-15-18-16(21-25-15)12-6-13(24-20-12)10-3-4-10/h6,10H,3-5,7H2,1-2H3,(H,17,22). The van der Waals surface area contributed by atoms with Gasteiger partial charge in [0.05, 0.1) is 18.7 Å². The summed E-state index contributed by atoms with van der Waals surface area (Å²) in [7, 11) is 0. The van der Waals surface area contributed by atoms with Crippen molar-refractivity contribution < 1.29 is 18.4 Å². The van der Waals surface area contributed by atoms with Gasteiger partial charge in [-0.3, -0.25) is 4.79 Å². The SMILES string of the molecule is Cc1noc(C)c1CC(=O)NCc1nc(-c2cc(C3CC3)on2)no1. The van der Waals surface area contributed by atoms with E-state index in [0.717, 1.165) is 24.2 Å². The van der Waals surface area contributed by atoms with E-state index in [1.54, 1.807) is 13.8 Å². The summed E-state index contributed by atoms with van der Waals surface area (Å²) in [5.41, 5.74) is 2.04. The highest BCUT2D eigenvalue weighted by molar-refractivity contribution is 5.78. The fourth-order valence-corrected chi connectivity index (χ4v) is 2.54. The Morgan fingerprint density at radius 3 is 2.76 bits per heavy atom. The summed E-state index contributed by atoms with van der Waals surface area (Å²) in [5, 5.41) is 14.4. The maximum atomic E-state index is 12.1. The predicted molar refractivity (Wildman–Crippen MR) is 83.3 cm³/mol. The summed E-state index contributed by atoms with van der Waals surface area (Å²) in [5.74, 6) is 2.45. The van der Waals surface area contributed by atoms with Crippen LogP contribution in [0.15, 0.2) is 19.6 Å². The van der Waals surface area contributed by atoms with Gasteiger partial charge in [0, 0.05) is 17.5 Å². The Labute approximate surface area is 142 Å². The number of hydrogen-bond acceptors (Lipinski definition) is 8. The van der Waals surface area contributed by atoms with Gasteiger partial charge in [-0.25, -0.2) is 0 Å². The van der Waals surface area contributed by atoms with E-state index in [0.29, 0.717) is 34.8 Å². The average Bonchev–Trinajstić information content (AvgIpc) is 3.02. The maximum absolute atomic E-state index is 12.1. The van der Waals surface area contributed by atoms with Gasteiger partial charge in [-0.05, 0) is 26.7 Å². The molecule has 3 heterocycles. The highest BCUT2D eigenvalue weighted by Gasteiger charge is 2.28. The van der Waals surface area contributed by atoms with Gasteiger partial charge in [0.2, 0.25) is 17.6 Å². The average molecular weight is 343 g/mol. The Kier molecular flexibility index (Phi) is 3.83. The van der Waals surface area contributed by atoms with Crippen molar-refractivity contribution >= 4 is 5.91 Å². The maximum Gasteiger partial charge on any atom is 0.246 e. The number of carbonyl (C=O) groups excluding carboxylic acids is 1. The number of nitrogens with zero attached hydrogens (tertiary/aromatic N) is 4. The number of aromatic nitrogens is 4. The molecule has 0 spiro atoms. The van der Waals surface area contributed by atoms with Gasteiger partial charge in [0.1, 0.15) is 11.5 Å². The van der Waals surface area contributed by atoms with E-state index < -0.39 is 0 Å². The van der Waals surface area contributed by atoms with E-state index in [2.05, 4.69) is 25.8 Å². The molecule has 0 radical (unpaired) electrons. The Bertz CT molecular complexity index is 886. The quantitative estimate of drug-likeness (QED) is 0.722. The van der Waals surface area contributed by atoms with E-state index >= 15 is 0 Å². The van der Waals surface area contributed by atoms with E-state index in [9.17, 15) is 4.79 Å². The molecule has 130 valence electrons. The lowest BCUT2D eigenvalue weighted by Gasteiger charge is -2.01. The third-order valence-corrected chi connectivity index (χ3v) is 4.16. The molecule has 3 aromatic heterocycles. The topological polar surface area (TPSA) is 120 Å². The van der Waals surface area contributed by atoms with Gasteiger partial charge in [-0.15, -0.1) is 0 Å². The van der Waals surface area contributed by atoms with Crippen LogP contribution in [0.5, 0.6) is 0 Å². The van der Waals surface area contributed by atoms with Crippen molar-refractivity contribution in [3.63, 3.8) is 0 Å². The van der Waals surface area contributed by atoms with E-state index in [4.69, 9.17) is 13.6 Å². The minimum absolute atomic E-state index is 0.141. The number of aryl methyl sites for hydroxylation is 2. The summed E-state index contributed by atoms with van der Waals surface area (Å²) in [4.78, 5) is 16.3. The zero-order valence-electron chi connectivity index (χ0n) is 13.9. The Hall–Kier alpha value is -2.97. The molecule has 4 rings (SSSR count). The van der Waals surface area contributed by atoms with Gasteiger partial charge < -0.3 is 18.9 Å². The summed E-state index contributed by atoms with van der Waals surface area (Å²) in [6.07, 6.45) is 2.45. The first kappa shape index (κ1) is 15.6. The lowest BCUT2D eigenvalue weighted by Crippen LogP contribution is -2.25. The molecule has 0 atom stereocenters. The zero-order valence-corrected chi connectivity index (χ0v) is 13.9. The van der Waals surface area contributed by atoms with E-state index in [-0.39, 0.29) is 18.9 Å². The molecule has 0 saturated heterocycles. The normalized spacial score (nSPS) is 14.0. The van der Waals surface area contributed by atoms with Crippen LogP contribution in [0.3, 0.4) is 0 Å². The summed E-state index contributed by atoms with van der Waals surface area (Å²) in [6, 6.07) is 1.84. The first-order valence-corrected chi connectivity index (χ1v) is 8.08. The number of hydrogen-bond donors (Lipinski definition) is 1. The zero-order chi connectivity index (χ0) is 17.4. The molecule has 1 N–H and O–H groups in total. The van der Waals surface area contributed by atoms with Crippen molar-refractivity contribution in [1.29, 1.82) is 0 Å². The molecule has 0 aliphatic heterocycles. The lowest BCUT2D eigenvalue weighted by molar-refractivity contribution is -0.120. The van der Waals surface area contributed by atoms with Gasteiger partial charge >= 0.3 is 0 Å². The minimum Gasteiger partial charge on any atom is -0.361 e. The van der Waals surface area contributed by atoms with Crippen molar-refractivity contribution in [2.75, 3.05) is 0 Å². The number of amides is 1. The molecule has 1 aliphatic rings. The van der Waals surface area contributed by atoms with Crippen LogP contribution >= 0.6 is 0 Å². The van der Waals surface area contributed by atoms with Gasteiger partial charge in [0.15, 0.2) is 5.69 Å². The van der Waals surface area contributed by atoms with Gasteiger partial charge in [0.25, 0.3) is 0 Å². The number of nitrogens with one attached hydrogen (secondary N) is 1. The largest absolute Gasteiger partial charge is 0.361 e.